The summed E-state index contributed by atoms with van der Waals surface area (Å²) < 4.78 is 16.4. The fourth-order valence-corrected chi connectivity index (χ4v) is 4.09. The van der Waals surface area contributed by atoms with Gasteiger partial charge in [-0.25, -0.2) is 0 Å². The van der Waals surface area contributed by atoms with E-state index < -0.39 is 37.3 Å². The highest BCUT2D eigenvalue weighted by molar-refractivity contribution is 5.87. The smallest absolute Gasteiger partial charge is 0.187 e. The quantitative estimate of drug-likeness (QED) is 0.387. The number of benzene rings is 2. The number of ether oxygens (including phenoxy) is 3. The molecule has 1 aliphatic heterocycles. The highest BCUT2D eigenvalue weighted by Crippen LogP contribution is 2.42. The molecule has 0 spiro atoms. The van der Waals surface area contributed by atoms with Crippen LogP contribution in [0.25, 0.3) is 16.7 Å². The number of methoxy groups -OCH3 is 1. The first-order chi connectivity index (χ1) is 15.3. The van der Waals surface area contributed by atoms with Crippen LogP contribution in [0.4, 0.5) is 0 Å². The first-order valence-corrected chi connectivity index (χ1v) is 10.2. The van der Waals surface area contributed by atoms with Gasteiger partial charge in [0.05, 0.1) is 20.3 Å². The van der Waals surface area contributed by atoms with E-state index in [1.165, 1.54) is 7.11 Å². The minimum Gasteiger partial charge on any atom is -0.508 e. The number of aromatic hydroxyl groups is 2. The Labute approximate surface area is 184 Å². The van der Waals surface area contributed by atoms with Crippen LogP contribution < -0.4 is 4.74 Å². The first kappa shape index (κ1) is 22.5. The highest BCUT2D eigenvalue weighted by Gasteiger charge is 2.44. The van der Waals surface area contributed by atoms with Crippen molar-refractivity contribution in [2.24, 2.45) is 0 Å². The van der Waals surface area contributed by atoms with Gasteiger partial charge in [-0.15, -0.1) is 0 Å². The summed E-state index contributed by atoms with van der Waals surface area (Å²) in [4.78, 5) is 0. The molecule has 2 aromatic rings. The average Bonchev–Trinajstić information content (AvgIpc) is 2.92. The molecule has 5 unspecified atom stereocenters. The summed E-state index contributed by atoms with van der Waals surface area (Å²) in [6.07, 6.45) is -4.50. The standard InChI is InChI=1S/C23H26O9/c1-30-18-8-15-12(10-31-23-22(29)21(28)20(27)19(9-24)32-23)3-2-11-6-13(25)4-5-14(11)16(15)7-17(18)26/h3-8,19-29H,2,9-10H2,1H3. The van der Waals surface area contributed by atoms with E-state index in [9.17, 15) is 30.6 Å². The van der Waals surface area contributed by atoms with E-state index in [1.807, 2.05) is 6.08 Å². The van der Waals surface area contributed by atoms with Gasteiger partial charge in [0.1, 0.15) is 30.2 Å². The number of rotatable bonds is 5. The zero-order valence-corrected chi connectivity index (χ0v) is 17.4. The summed E-state index contributed by atoms with van der Waals surface area (Å²) in [7, 11) is 1.44. The van der Waals surface area contributed by atoms with Crippen LogP contribution in [-0.4, -0.2) is 81.7 Å². The molecule has 0 bridgehead atoms. The summed E-state index contributed by atoms with van der Waals surface area (Å²) in [6.45, 7) is -0.588. The Morgan fingerprint density at radius 2 is 1.75 bits per heavy atom. The zero-order chi connectivity index (χ0) is 23.0. The van der Waals surface area contributed by atoms with Gasteiger partial charge in [0.2, 0.25) is 0 Å². The number of hydrogen-bond acceptors (Lipinski definition) is 9. The maximum atomic E-state index is 10.4. The molecular weight excluding hydrogens is 420 g/mol. The van der Waals surface area contributed by atoms with Crippen molar-refractivity contribution >= 4 is 5.57 Å². The lowest BCUT2D eigenvalue weighted by atomic mass is 9.93. The van der Waals surface area contributed by atoms with Crippen molar-refractivity contribution in [1.82, 2.24) is 0 Å². The van der Waals surface area contributed by atoms with E-state index in [2.05, 4.69) is 0 Å². The van der Waals surface area contributed by atoms with Crippen molar-refractivity contribution in [2.45, 2.75) is 37.1 Å². The molecule has 6 N–H and O–H groups in total. The van der Waals surface area contributed by atoms with Gasteiger partial charge in [-0.2, -0.15) is 0 Å². The monoisotopic (exact) mass is 446 g/mol. The van der Waals surface area contributed by atoms with Crippen LogP contribution in [-0.2, 0) is 15.9 Å². The number of fused-ring (bicyclic) bond motifs is 3. The minimum absolute atomic E-state index is 0.0381. The summed E-state index contributed by atoms with van der Waals surface area (Å²) in [5, 5.41) is 59.8. The van der Waals surface area contributed by atoms with Gasteiger partial charge in [-0.05, 0) is 58.5 Å². The Balaban J connectivity index is 1.66. The van der Waals surface area contributed by atoms with Crippen molar-refractivity contribution < 1.29 is 44.8 Å². The largest absolute Gasteiger partial charge is 0.508 e. The number of allylic oxidation sites excluding steroid dienone is 1. The molecule has 1 fully saturated rings. The molecule has 1 saturated heterocycles. The molecule has 0 aromatic heterocycles. The average molecular weight is 446 g/mol. The third-order valence-corrected chi connectivity index (χ3v) is 5.86. The molecule has 32 heavy (non-hydrogen) atoms. The summed E-state index contributed by atoms with van der Waals surface area (Å²) >= 11 is 0. The van der Waals surface area contributed by atoms with Crippen LogP contribution in [0.5, 0.6) is 17.2 Å². The number of aliphatic hydroxyl groups excluding tert-OH is 4. The van der Waals surface area contributed by atoms with E-state index in [0.717, 1.165) is 11.1 Å². The van der Waals surface area contributed by atoms with Crippen molar-refractivity contribution in [2.75, 3.05) is 20.3 Å². The van der Waals surface area contributed by atoms with Gasteiger partial charge < -0.3 is 44.8 Å². The van der Waals surface area contributed by atoms with E-state index in [4.69, 9.17) is 14.2 Å². The molecule has 0 radical (unpaired) electrons. The van der Waals surface area contributed by atoms with Crippen molar-refractivity contribution in [1.29, 1.82) is 0 Å². The normalized spacial score (nSPS) is 27.2. The Morgan fingerprint density at radius 1 is 0.969 bits per heavy atom. The predicted octanol–water partition coefficient (Wildman–Crippen LogP) is 0.529. The van der Waals surface area contributed by atoms with Gasteiger partial charge in [0.25, 0.3) is 0 Å². The van der Waals surface area contributed by atoms with E-state index in [0.29, 0.717) is 23.1 Å². The van der Waals surface area contributed by atoms with Crippen molar-refractivity contribution in [3.05, 3.63) is 47.5 Å². The third-order valence-electron chi connectivity index (χ3n) is 5.86. The molecular formula is C23H26O9. The number of hydrogen-bond donors (Lipinski definition) is 6. The number of aliphatic hydroxyl groups is 4. The summed E-state index contributed by atoms with van der Waals surface area (Å²) in [5.41, 5.74) is 3.80. The van der Waals surface area contributed by atoms with Gasteiger partial charge in [-0.3, -0.25) is 0 Å². The fourth-order valence-electron chi connectivity index (χ4n) is 4.09. The van der Waals surface area contributed by atoms with Gasteiger partial charge in [0, 0.05) is 0 Å². The van der Waals surface area contributed by atoms with Crippen LogP contribution >= 0.6 is 0 Å². The maximum Gasteiger partial charge on any atom is 0.187 e. The molecule has 9 nitrogen and oxygen atoms in total. The van der Waals surface area contributed by atoms with Crippen molar-refractivity contribution in [3.63, 3.8) is 0 Å². The van der Waals surface area contributed by atoms with Gasteiger partial charge in [0.15, 0.2) is 17.8 Å². The lowest BCUT2D eigenvalue weighted by molar-refractivity contribution is -0.297. The molecule has 9 heteroatoms. The molecule has 5 atom stereocenters. The highest BCUT2D eigenvalue weighted by atomic mass is 16.7. The second-order valence-corrected chi connectivity index (χ2v) is 7.85. The van der Waals surface area contributed by atoms with Crippen LogP contribution in [0.1, 0.15) is 11.1 Å². The maximum absolute atomic E-state index is 10.4. The molecule has 2 aliphatic rings. The summed E-state index contributed by atoms with van der Waals surface area (Å²) in [6, 6.07) is 8.24. The Bertz CT molecular complexity index is 1020. The van der Waals surface area contributed by atoms with E-state index in [1.54, 1.807) is 30.3 Å². The second kappa shape index (κ2) is 9.07. The number of phenols is 2. The van der Waals surface area contributed by atoms with Crippen LogP contribution in [0.15, 0.2) is 36.4 Å². The lowest BCUT2D eigenvalue weighted by Gasteiger charge is -2.39. The SMILES string of the molecule is COc1cc2c(cc1O)-c1ccc(O)cc1CC=C2COC1OC(CO)C(O)C(O)C1O. The first-order valence-electron chi connectivity index (χ1n) is 10.2. The molecule has 172 valence electrons. The van der Waals surface area contributed by atoms with Gasteiger partial charge >= 0.3 is 0 Å². The molecule has 0 saturated carbocycles. The van der Waals surface area contributed by atoms with Crippen molar-refractivity contribution in [3.8, 4) is 28.4 Å². The Hall–Kier alpha value is -2.66. The number of phenolic OH excluding ortho intramolecular Hbond substituents is 2. The molecule has 2 aromatic carbocycles. The summed E-state index contributed by atoms with van der Waals surface area (Å²) in [5.74, 6) is 0.351. The van der Waals surface area contributed by atoms with E-state index in [-0.39, 0.29) is 23.9 Å². The third kappa shape index (κ3) is 4.06. The predicted molar refractivity (Wildman–Crippen MR) is 113 cm³/mol. The minimum atomic E-state index is -1.54. The van der Waals surface area contributed by atoms with E-state index >= 15 is 0 Å². The molecule has 1 heterocycles. The molecule has 0 amide bonds. The topological polar surface area (TPSA) is 149 Å². The van der Waals surface area contributed by atoms with Gasteiger partial charge in [-0.1, -0.05) is 12.1 Å². The second-order valence-electron chi connectivity index (χ2n) is 7.85. The molecule has 1 aliphatic carbocycles. The lowest BCUT2D eigenvalue weighted by Crippen LogP contribution is -2.59. The Kier molecular flexibility index (Phi) is 6.38. The zero-order valence-electron chi connectivity index (χ0n) is 17.4. The van der Waals surface area contributed by atoms with Crippen LogP contribution in [0.2, 0.25) is 0 Å². The fraction of sp³-hybridized carbons (Fsp3) is 0.391. The van der Waals surface area contributed by atoms with Crippen LogP contribution in [0.3, 0.4) is 0 Å². The Morgan fingerprint density at radius 3 is 2.47 bits per heavy atom. The molecule has 4 rings (SSSR count). The van der Waals surface area contributed by atoms with Crippen LogP contribution in [0, 0.1) is 0 Å².